The fourth-order valence-electron chi connectivity index (χ4n) is 3.65. The summed E-state index contributed by atoms with van der Waals surface area (Å²) in [5, 5.41) is 2.95. The van der Waals surface area contributed by atoms with Gasteiger partial charge in [0.1, 0.15) is 18.1 Å². The third-order valence-electron chi connectivity index (χ3n) is 5.41. The van der Waals surface area contributed by atoms with Gasteiger partial charge in [0.15, 0.2) is 0 Å². The number of anilines is 1. The molecule has 3 rings (SSSR count). The molecule has 0 unspecified atom stereocenters. The van der Waals surface area contributed by atoms with Crippen LogP contribution >= 0.6 is 0 Å². The van der Waals surface area contributed by atoms with Gasteiger partial charge in [-0.15, -0.1) is 0 Å². The standard InChI is InChI=1S/C27H33N3O3/c1-4-16-29(27(32)28-24-13-9-12-22(5-2)17-24)20-26(31)30(18-23-10-7-6-8-11-23)19-25-15-14-21(3)33-25/h6-15,17H,4-5,16,18-20H2,1-3H3,(H,28,32). The quantitative estimate of drug-likeness (QED) is 0.438. The largest absolute Gasteiger partial charge is 0.464 e. The maximum absolute atomic E-state index is 13.4. The van der Waals surface area contributed by atoms with Crippen LogP contribution in [0.5, 0.6) is 0 Å². The van der Waals surface area contributed by atoms with Gasteiger partial charge in [0.2, 0.25) is 5.91 Å². The molecule has 3 amide bonds. The molecular formula is C27H33N3O3. The maximum Gasteiger partial charge on any atom is 0.322 e. The van der Waals surface area contributed by atoms with E-state index in [4.69, 9.17) is 4.42 Å². The zero-order valence-corrected chi connectivity index (χ0v) is 19.7. The molecule has 0 atom stereocenters. The van der Waals surface area contributed by atoms with Crippen LogP contribution < -0.4 is 5.32 Å². The van der Waals surface area contributed by atoms with Crippen LogP contribution in [0.3, 0.4) is 0 Å². The minimum atomic E-state index is -0.271. The molecule has 0 aliphatic carbocycles. The molecule has 1 aromatic heterocycles. The van der Waals surface area contributed by atoms with Crippen molar-refractivity contribution in [1.82, 2.24) is 9.80 Å². The third-order valence-corrected chi connectivity index (χ3v) is 5.41. The summed E-state index contributed by atoms with van der Waals surface area (Å²) in [6.45, 7) is 7.24. The second kappa shape index (κ2) is 11.9. The second-order valence-corrected chi connectivity index (χ2v) is 8.15. The lowest BCUT2D eigenvalue weighted by Crippen LogP contribution is -2.44. The average molecular weight is 448 g/mol. The molecule has 6 heteroatoms. The smallest absolute Gasteiger partial charge is 0.322 e. The van der Waals surface area contributed by atoms with Gasteiger partial charge in [-0.1, -0.05) is 56.3 Å². The first-order valence-corrected chi connectivity index (χ1v) is 11.5. The fraction of sp³-hybridized carbons (Fsp3) is 0.333. The Morgan fingerprint density at radius 3 is 2.30 bits per heavy atom. The average Bonchev–Trinajstić information content (AvgIpc) is 3.23. The van der Waals surface area contributed by atoms with Crippen LogP contribution in [0.2, 0.25) is 0 Å². The van der Waals surface area contributed by atoms with Crippen LogP contribution in [0.25, 0.3) is 0 Å². The van der Waals surface area contributed by atoms with Crippen molar-refractivity contribution in [2.24, 2.45) is 0 Å². The topological polar surface area (TPSA) is 65.8 Å². The number of nitrogens with zero attached hydrogens (tertiary/aromatic N) is 2. The van der Waals surface area contributed by atoms with E-state index in [1.807, 2.05) is 80.6 Å². The molecule has 0 aliphatic rings. The lowest BCUT2D eigenvalue weighted by Gasteiger charge is -2.27. The molecule has 33 heavy (non-hydrogen) atoms. The number of rotatable bonds is 10. The number of hydrogen-bond donors (Lipinski definition) is 1. The van der Waals surface area contributed by atoms with E-state index in [0.29, 0.717) is 19.6 Å². The molecule has 0 spiro atoms. The van der Waals surface area contributed by atoms with Gasteiger partial charge in [-0.3, -0.25) is 4.79 Å². The zero-order valence-electron chi connectivity index (χ0n) is 19.7. The number of nitrogens with one attached hydrogen (secondary N) is 1. The molecule has 174 valence electrons. The van der Waals surface area contributed by atoms with Gasteiger partial charge >= 0.3 is 6.03 Å². The number of furan rings is 1. The van der Waals surface area contributed by atoms with Crippen molar-refractivity contribution in [2.45, 2.75) is 46.7 Å². The van der Waals surface area contributed by atoms with E-state index in [-0.39, 0.29) is 18.5 Å². The minimum Gasteiger partial charge on any atom is -0.464 e. The molecule has 0 radical (unpaired) electrons. The Bertz CT molecular complexity index is 1050. The highest BCUT2D eigenvalue weighted by Crippen LogP contribution is 2.15. The number of aryl methyl sites for hydroxylation is 2. The summed E-state index contributed by atoms with van der Waals surface area (Å²) in [6.07, 6.45) is 1.65. The first-order valence-electron chi connectivity index (χ1n) is 11.5. The highest BCUT2D eigenvalue weighted by atomic mass is 16.3. The van der Waals surface area contributed by atoms with E-state index in [9.17, 15) is 9.59 Å². The molecule has 0 bridgehead atoms. The second-order valence-electron chi connectivity index (χ2n) is 8.15. The Balaban J connectivity index is 1.73. The Morgan fingerprint density at radius 1 is 0.879 bits per heavy atom. The highest BCUT2D eigenvalue weighted by molar-refractivity contribution is 5.92. The third kappa shape index (κ3) is 7.24. The number of amides is 3. The molecule has 2 aromatic carbocycles. The van der Waals surface area contributed by atoms with Crippen molar-refractivity contribution in [2.75, 3.05) is 18.4 Å². The van der Waals surface area contributed by atoms with Gasteiger partial charge in [-0.25, -0.2) is 4.79 Å². The first-order chi connectivity index (χ1) is 16.0. The Morgan fingerprint density at radius 2 is 1.64 bits per heavy atom. The normalized spacial score (nSPS) is 10.6. The number of benzene rings is 2. The van der Waals surface area contributed by atoms with E-state index in [1.165, 1.54) is 0 Å². The van der Waals surface area contributed by atoms with E-state index in [1.54, 1.807) is 9.80 Å². The van der Waals surface area contributed by atoms with Crippen molar-refractivity contribution in [3.05, 3.63) is 89.4 Å². The summed E-state index contributed by atoms with van der Waals surface area (Å²) < 4.78 is 5.72. The molecule has 1 N–H and O–H groups in total. The Hall–Kier alpha value is -3.54. The highest BCUT2D eigenvalue weighted by Gasteiger charge is 2.22. The number of carbonyl (C=O) groups is 2. The SMILES string of the molecule is CCCN(CC(=O)N(Cc1ccccc1)Cc1ccc(C)o1)C(=O)Nc1cccc(CC)c1. The summed E-state index contributed by atoms with van der Waals surface area (Å²) in [5.74, 6) is 1.40. The van der Waals surface area contributed by atoms with Crippen molar-refractivity contribution in [1.29, 1.82) is 0 Å². The van der Waals surface area contributed by atoms with Gasteiger partial charge in [0.05, 0.1) is 6.54 Å². The van der Waals surface area contributed by atoms with Gasteiger partial charge in [0, 0.05) is 18.8 Å². The van der Waals surface area contributed by atoms with E-state index in [0.717, 1.165) is 41.2 Å². The molecule has 0 saturated carbocycles. The summed E-state index contributed by atoms with van der Waals surface area (Å²) in [7, 11) is 0. The van der Waals surface area contributed by atoms with Crippen molar-refractivity contribution < 1.29 is 14.0 Å². The summed E-state index contributed by atoms with van der Waals surface area (Å²) >= 11 is 0. The molecule has 0 aliphatic heterocycles. The van der Waals surface area contributed by atoms with Crippen molar-refractivity contribution >= 4 is 17.6 Å². The molecule has 0 fully saturated rings. The molecule has 1 heterocycles. The van der Waals surface area contributed by atoms with Gasteiger partial charge < -0.3 is 19.5 Å². The number of urea groups is 1. The van der Waals surface area contributed by atoms with Crippen LogP contribution in [0, 0.1) is 6.92 Å². The lowest BCUT2D eigenvalue weighted by atomic mass is 10.1. The Kier molecular flexibility index (Phi) is 8.70. The molecule has 6 nitrogen and oxygen atoms in total. The van der Waals surface area contributed by atoms with E-state index >= 15 is 0 Å². The molecule has 3 aromatic rings. The number of carbonyl (C=O) groups excluding carboxylic acids is 2. The maximum atomic E-state index is 13.4. The van der Waals surface area contributed by atoms with Crippen LogP contribution in [-0.2, 0) is 24.3 Å². The van der Waals surface area contributed by atoms with Crippen LogP contribution in [-0.4, -0.2) is 34.8 Å². The van der Waals surface area contributed by atoms with Crippen LogP contribution in [0.4, 0.5) is 10.5 Å². The summed E-state index contributed by atoms with van der Waals surface area (Å²) in [6, 6.07) is 21.1. The zero-order chi connectivity index (χ0) is 23.6. The summed E-state index contributed by atoms with van der Waals surface area (Å²) in [5.41, 5.74) is 2.91. The van der Waals surface area contributed by atoms with Gasteiger partial charge in [-0.2, -0.15) is 0 Å². The minimum absolute atomic E-state index is 0.000331. The molecule has 0 saturated heterocycles. The predicted molar refractivity (Wildman–Crippen MR) is 131 cm³/mol. The molecular weight excluding hydrogens is 414 g/mol. The summed E-state index contributed by atoms with van der Waals surface area (Å²) in [4.78, 5) is 29.7. The monoisotopic (exact) mass is 447 g/mol. The van der Waals surface area contributed by atoms with E-state index in [2.05, 4.69) is 12.2 Å². The predicted octanol–water partition coefficient (Wildman–Crippen LogP) is 5.62. The number of hydrogen-bond acceptors (Lipinski definition) is 3. The van der Waals surface area contributed by atoms with Crippen molar-refractivity contribution in [3.63, 3.8) is 0 Å². The first kappa shape index (κ1) is 24.1. The van der Waals surface area contributed by atoms with Crippen molar-refractivity contribution in [3.8, 4) is 0 Å². The van der Waals surface area contributed by atoms with Crippen LogP contribution in [0.15, 0.2) is 71.1 Å². The van der Waals surface area contributed by atoms with Gasteiger partial charge in [0.25, 0.3) is 0 Å². The van der Waals surface area contributed by atoms with E-state index < -0.39 is 0 Å². The van der Waals surface area contributed by atoms with Gasteiger partial charge in [-0.05, 0) is 55.2 Å². The van der Waals surface area contributed by atoms with Crippen LogP contribution in [0.1, 0.15) is 42.9 Å². The Labute approximate surface area is 196 Å². The lowest BCUT2D eigenvalue weighted by molar-refractivity contribution is -0.133. The fourth-order valence-corrected chi connectivity index (χ4v) is 3.65.